The topological polar surface area (TPSA) is 21.3 Å². The third-order valence-electron chi connectivity index (χ3n) is 2.92. The number of fused-ring (bicyclic) bond motifs is 1. The summed E-state index contributed by atoms with van der Waals surface area (Å²) in [6, 6.07) is 1.98. The van der Waals surface area contributed by atoms with Crippen molar-refractivity contribution < 1.29 is 9.13 Å². The number of halogens is 3. The van der Waals surface area contributed by atoms with E-state index in [2.05, 4.69) is 21.2 Å². The zero-order valence-corrected chi connectivity index (χ0v) is 10.7. The summed E-state index contributed by atoms with van der Waals surface area (Å²) in [6.45, 7) is 0.474. The third-order valence-corrected chi connectivity index (χ3v) is 3.78. The molecular weight excluding hydrogens is 296 g/mol. The van der Waals surface area contributed by atoms with Crippen molar-refractivity contribution in [2.24, 2.45) is 0 Å². The van der Waals surface area contributed by atoms with Crippen LogP contribution in [0.15, 0.2) is 10.5 Å². The summed E-state index contributed by atoms with van der Waals surface area (Å²) in [6.07, 6.45) is 2.32. The van der Waals surface area contributed by atoms with E-state index in [1.807, 2.05) is 0 Å². The molecule has 3 rings (SSSR count). The largest absolute Gasteiger partial charge is 0.490 e. The van der Waals surface area contributed by atoms with Crippen molar-refractivity contribution in [2.75, 3.05) is 6.61 Å². The van der Waals surface area contributed by atoms with Crippen molar-refractivity contribution in [1.82, 2.24) is 5.32 Å². The van der Waals surface area contributed by atoms with Gasteiger partial charge in [0.1, 0.15) is 18.2 Å². The van der Waals surface area contributed by atoms with E-state index in [9.17, 15) is 4.39 Å². The summed E-state index contributed by atoms with van der Waals surface area (Å²) in [7, 11) is 0. The lowest BCUT2D eigenvalue weighted by Gasteiger charge is -2.11. The fourth-order valence-electron chi connectivity index (χ4n) is 1.97. The van der Waals surface area contributed by atoms with Crippen LogP contribution in [0.3, 0.4) is 0 Å². The van der Waals surface area contributed by atoms with E-state index in [-0.39, 0.29) is 16.9 Å². The highest BCUT2D eigenvalue weighted by atomic mass is 79.9. The first-order chi connectivity index (χ1) is 7.66. The maximum absolute atomic E-state index is 13.9. The fourth-order valence-corrected chi connectivity index (χ4v) is 2.87. The van der Waals surface area contributed by atoms with Gasteiger partial charge in [0.05, 0.1) is 21.1 Å². The van der Waals surface area contributed by atoms with Crippen LogP contribution in [-0.4, -0.2) is 12.6 Å². The molecule has 1 saturated carbocycles. The minimum atomic E-state index is -0.365. The highest BCUT2D eigenvalue weighted by Crippen LogP contribution is 2.43. The van der Waals surface area contributed by atoms with Gasteiger partial charge in [-0.25, -0.2) is 4.39 Å². The maximum Gasteiger partial charge on any atom is 0.150 e. The number of ether oxygens (including phenoxy) is 1. The van der Waals surface area contributed by atoms with Gasteiger partial charge >= 0.3 is 0 Å². The monoisotopic (exact) mass is 305 g/mol. The molecule has 0 amide bonds. The van der Waals surface area contributed by atoms with E-state index in [1.54, 1.807) is 0 Å². The van der Waals surface area contributed by atoms with Crippen molar-refractivity contribution in [3.05, 3.63) is 26.9 Å². The molecule has 2 aliphatic rings. The van der Waals surface area contributed by atoms with Gasteiger partial charge < -0.3 is 10.1 Å². The standard InChI is InChI=1S/C11H10BrClFNO/c12-6-3-7(13)10(14)9-8(4-16-11(6)9)15-5-1-2-5/h3,5,8,15H,1-2,4H2. The molecule has 1 aliphatic heterocycles. The molecule has 1 atom stereocenters. The Morgan fingerprint density at radius 3 is 2.94 bits per heavy atom. The molecule has 0 aromatic heterocycles. The quantitative estimate of drug-likeness (QED) is 0.845. The Kier molecular flexibility index (Phi) is 2.61. The molecule has 1 N–H and O–H groups in total. The van der Waals surface area contributed by atoms with Crippen LogP contribution >= 0.6 is 27.5 Å². The Labute approximate surface area is 106 Å². The van der Waals surface area contributed by atoms with E-state index >= 15 is 0 Å². The molecule has 1 aromatic carbocycles. The lowest BCUT2D eigenvalue weighted by molar-refractivity contribution is 0.308. The summed E-state index contributed by atoms with van der Waals surface area (Å²) in [5.74, 6) is 0.218. The molecule has 16 heavy (non-hydrogen) atoms. The van der Waals surface area contributed by atoms with Crippen molar-refractivity contribution in [2.45, 2.75) is 24.9 Å². The van der Waals surface area contributed by atoms with Gasteiger partial charge in [0, 0.05) is 6.04 Å². The predicted octanol–water partition coefficient (Wildman–Crippen LogP) is 3.43. The maximum atomic E-state index is 13.9. The lowest BCUT2D eigenvalue weighted by Crippen LogP contribution is -2.25. The smallest absolute Gasteiger partial charge is 0.150 e. The first-order valence-corrected chi connectivity index (χ1v) is 6.40. The minimum Gasteiger partial charge on any atom is -0.490 e. The van der Waals surface area contributed by atoms with Crippen LogP contribution in [0.4, 0.5) is 4.39 Å². The molecule has 1 aliphatic carbocycles. The van der Waals surface area contributed by atoms with Crippen molar-refractivity contribution >= 4 is 27.5 Å². The highest BCUT2D eigenvalue weighted by molar-refractivity contribution is 9.10. The number of rotatable bonds is 2. The zero-order valence-electron chi connectivity index (χ0n) is 8.40. The van der Waals surface area contributed by atoms with Gasteiger partial charge in [0.2, 0.25) is 0 Å². The molecule has 0 spiro atoms. The van der Waals surface area contributed by atoms with Crippen LogP contribution in [-0.2, 0) is 0 Å². The Balaban J connectivity index is 2.01. The second-order valence-electron chi connectivity index (χ2n) is 4.20. The second kappa shape index (κ2) is 3.86. The average Bonchev–Trinajstić information content (AvgIpc) is 2.93. The molecule has 0 radical (unpaired) electrons. The van der Waals surface area contributed by atoms with Crippen LogP contribution in [0.2, 0.25) is 5.02 Å². The number of nitrogens with one attached hydrogen (secondary N) is 1. The molecule has 1 heterocycles. The predicted molar refractivity (Wildman–Crippen MR) is 63.5 cm³/mol. The SMILES string of the molecule is Fc1c(Cl)cc(Br)c2c1C(NC1CC1)CO2. The van der Waals surface area contributed by atoms with Gasteiger partial charge in [-0.2, -0.15) is 0 Å². The summed E-state index contributed by atoms with van der Waals surface area (Å²) < 4.78 is 20.1. The molecule has 0 saturated heterocycles. The van der Waals surface area contributed by atoms with Gasteiger partial charge in [0.15, 0.2) is 0 Å². The van der Waals surface area contributed by atoms with E-state index in [0.29, 0.717) is 28.4 Å². The Hall–Kier alpha value is -0.320. The molecule has 0 bridgehead atoms. The van der Waals surface area contributed by atoms with E-state index in [4.69, 9.17) is 16.3 Å². The summed E-state index contributed by atoms with van der Waals surface area (Å²) >= 11 is 9.16. The van der Waals surface area contributed by atoms with E-state index in [1.165, 1.54) is 6.07 Å². The number of hydrogen-bond donors (Lipinski definition) is 1. The van der Waals surface area contributed by atoms with Gasteiger partial charge in [-0.05, 0) is 34.8 Å². The lowest BCUT2D eigenvalue weighted by atomic mass is 10.1. The summed E-state index contributed by atoms with van der Waals surface area (Å²) in [5.41, 5.74) is 0.561. The first kappa shape index (κ1) is 10.8. The van der Waals surface area contributed by atoms with Gasteiger partial charge in [0.25, 0.3) is 0 Å². The Morgan fingerprint density at radius 1 is 1.50 bits per heavy atom. The Morgan fingerprint density at radius 2 is 2.25 bits per heavy atom. The molecule has 5 heteroatoms. The van der Waals surface area contributed by atoms with Gasteiger partial charge in [-0.3, -0.25) is 0 Å². The van der Waals surface area contributed by atoms with Gasteiger partial charge in [-0.1, -0.05) is 11.6 Å². The summed E-state index contributed by atoms with van der Waals surface area (Å²) in [5, 5.41) is 3.50. The molecule has 86 valence electrons. The minimum absolute atomic E-state index is 0.0718. The number of hydrogen-bond acceptors (Lipinski definition) is 2. The molecule has 1 aromatic rings. The highest BCUT2D eigenvalue weighted by Gasteiger charge is 2.34. The molecular formula is C11H10BrClFNO. The second-order valence-corrected chi connectivity index (χ2v) is 5.46. The van der Waals surface area contributed by atoms with Crippen LogP contribution in [0.1, 0.15) is 24.4 Å². The van der Waals surface area contributed by atoms with Gasteiger partial charge in [-0.15, -0.1) is 0 Å². The van der Waals surface area contributed by atoms with E-state index in [0.717, 1.165) is 12.8 Å². The molecule has 1 fully saturated rings. The van der Waals surface area contributed by atoms with Crippen molar-refractivity contribution in [3.8, 4) is 5.75 Å². The average molecular weight is 307 g/mol. The third kappa shape index (κ3) is 1.73. The van der Waals surface area contributed by atoms with E-state index < -0.39 is 0 Å². The van der Waals surface area contributed by atoms with Crippen LogP contribution < -0.4 is 10.1 Å². The molecule has 2 nitrogen and oxygen atoms in total. The first-order valence-electron chi connectivity index (χ1n) is 5.23. The zero-order chi connectivity index (χ0) is 11.3. The molecule has 1 unspecified atom stereocenters. The summed E-state index contributed by atoms with van der Waals surface area (Å²) in [4.78, 5) is 0. The van der Waals surface area contributed by atoms with Crippen molar-refractivity contribution in [3.63, 3.8) is 0 Å². The Bertz CT molecular complexity index is 450. The van der Waals surface area contributed by atoms with Crippen molar-refractivity contribution in [1.29, 1.82) is 0 Å². The van der Waals surface area contributed by atoms with Crippen LogP contribution in [0.5, 0.6) is 5.75 Å². The number of benzene rings is 1. The van der Waals surface area contributed by atoms with Crippen LogP contribution in [0.25, 0.3) is 0 Å². The normalized spacial score (nSPS) is 23.1. The van der Waals surface area contributed by atoms with Crippen LogP contribution in [0, 0.1) is 5.82 Å². The fraction of sp³-hybridized carbons (Fsp3) is 0.455.